The lowest BCUT2D eigenvalue weighted by atomic mass is 9.80. The highest BCUT2D eigenvalue weighted by Crippen LogP contribution is 2.55. The van der Waals surface area contributed by atoms with Crippen LogP contribution in [0.2, 0.25) is 0 Å². The van der Waals surface area contributed by atoms with E-state index in [0.717, 1.165) is 22.5 Å². The van der Waals surface area contributed by atoms with E-state index in [0.29, 0.717) is 17.6 Å². The maximum atomic E-state index is 5.67. The van der Waals surface area contributed by atoms with E-state index in [2.05, 4.69) is 216 Å². The zero-order valence-electron chi connectivity index (χ0n) is 37.4. The molecular formula is C60H46N4S. The van der Waals surface area contributed by atoms with Gasteiger partial charge in [-0.05, 0) is 103 Å². The molecule has 65 heavy (non-hydrogen) atoms. The van der Waals surface area contributed by atoms with Gasteiger partial charge in [0.1, 0.15) is 0 Å². The highest BCUT2D eigenvalue weighted by molar-refractivity contribution is 7.26. The summed E-state index contributed by atoms with van der Waals surface area (Å²) in [5.74, 6) is 1.88. The smallest absolute Gasteiger partial charge is 0.238 e. The average molecular weight is 855 g/mol. The number of hydrogen-bond acceptors (Lipinski definition) is 5. The first-order valence-corrected chi connectivity index (χ1v) is 23.5. The fourth-order valence-corrected chi connectivity index (χ4v) is 12.9. The Morgan fingerprint density at radius 1 is 0.400 bits per heavy atom. The molecule has 5 heteroatoms. The van der Waals surface area contributed by atoms with Gasteiger partial charge in [-0.1, -0.05) is 175 Å². The predicted octanol–water partition coefficient (Wildman–Crippen LogP) is 16.0. The fourth-order valence-electron chi connectivity index (χ4n) is 11.7. The summed E-state index contributed by atoms with van der Waals surface area (Å²) in [6.07, 6.45) is 0. The molecule has 10 aromatic rings. The van der Waals surface area contributed by atoms with Crippen LogP contribution < -0.4 is 4.90 Å². The molecule has 0 bridgehead atoms. The van der Waals surface area contributed by atoms with Gasteiger partial charge in [0, 0.05) is 53.2 Å². The van der Waals surface area contributed by atoms with Gasteiger partial charge in [-0.2, -0.15) is 9.97 Å². The van der Waals surface area contributed by atoms with Crippen LogP contribution in [0.1, 0.15) is 74.9 Å². The zero-order chi connectivity index (χ0) is 44.0. The van der Waals surface area contributed by atoms with Gasteiger partial charge in [0.2, 0.25) is 5.95 Å². The van der Waals surface area contributed by atoms with Crippen molar-refractivity contribution in [2.75, 3.05) is 4.90 Å². The Balaban J connectivity index is 1.11. The number of aromatic nitrogens is 3. The van der Waals surface area contributed by atoms with E-state index in [1.165, 1.54) is 86.9 Å². The van der Waals surface area contributed by atoms with Crippen LogP contribution in [0.4, 0.5) is 17.3 Å². The first-order chi connectivity index (χ1) is 31.5. The highest BCUT2D eigenvalue weighted by Gasteiger charge is 2.40. The largest absolute Gasteiger partial charge is 0.278 e. The molecule has 2 heterocycles. The summed E-state index contributed by atoms with van der Waals surface area (Å²) >= 11 is 1.83. The molecule has 0 amide bonds. The summed E-state index contributed by atoms with van der Waals surface area (Å²) in [7, 11) is 0. The van der Waals surface area contributed by atoms with Crippen molar-refractivity contribution >= 4 is 48.8 Å². The van der Waals surface area contributed by atoms with E-state index >= 15 is 0 Å². The van der Waals surface area contributed by atoms with Gasteiger partial charge in [-0.25, -0.2) is 4.98 Å². The fraction of sp³-hybridized carbons (Fsp3) is 0.150. The minimum Gasteiger partial charge on any atom is -0.278 e. The molecule has 0 N–H and O–H groups in total. The van der Waals surface area contributed by atoms with E-state index in [4.69, 9.17) is 15.0 Å². The Morgan fingerprint density at radius 2 is 0.954 bits per heavy atom. The maximum Gasteiger partial charge on any atom is 0.238 e. The average Bonchev–Trinajstić information content (AvgIpc) is 3.98. The van der Waals surface area contributed by atoms with Gasteiger partial charge in [0.15, 0.2) is 11.6 Å². The predicted molar refractivity (Wildman–Crippen MR) is 271 cm³/mol. The van der Waals surface area contributed by atoms with Crippen LogP contribution in [-0.4, -0.2) is 15.0 Å². The second-order valence-electron chi connectivity index (χ2n) is 19.6. The van der Waals surface area contributed by atoms with E-state index in [1.54, 1.807) is 0 Å². The van der Waals surface area contributed by atoms with Crippen molar-refractivity contribution < 1.29 is 0 Å². The number of rotatable bonds is 5. The minimum atomic E-state index is -0.278. The van der Waals surface area contributed by atoms with Crippen molar-refractivity contribution in [3.63, 3.8) is 0 Å². The molecule has 0 unspecified atom stereocenters. The summed E-state index contributed by atoms with van der Waals surface area (Å²) in [4.78, 5) is 19.1. The Bertz CT molecular complexity index is 3660. The molecule has 0 radical (unpaired) electrons. The molecule has 8 aromatic carbocycles. The van der Waals surface area contributed by atoms with E-state index in [-0.39, 0.29) is 16.2 Å². The number of hydrogen-bond donors (Lipinski definition) is 0. The lowest BCUT2D eigenvalue weighted by Gasteiger charge is -2.28. The summed E-state index contributed by atoms with van der Waals surface area (Å²) in [6, 6.07) is 62.4. The van der Waals surface area contributed by atoms with Crippen LogP contribution in [0.25, 0.3) is 76.3 Å². The van der Waals surface area contributed by atoms with Crippen molar-refractivity contribution in [2.24, 2.45) is 0 Å². The molecule has 3 aliphatic rings. The maximum absolute atomic E-state index is 5.67. The molecular weight excluding hydrogens is 809 g/mol. The molecule has 2 aromatic heterocycles. The Labute approximate surface area is 384 Å². The lowest BCUT2D eigenvalue weighted by molar-refractivity contribution is 0.660. The van der Waals surface area contributed by atoms with Gasteiger partial charge < -0.3 is 0 Å². The molecule has 0 atom stereocenters. The van der Waals surface area contributed by atoms with Crippen LogP contribution >= 0.6 is 11.3 Å². The van der Waals surface area contributed by atoms with Crippen molar-refractivity contribution in [2.45, 2.75) is 57.8 Å². The molecule has 0 fully saturated rings. The second kappa shape index (κ2) is 13.4. The highest BCUT2D eigenvalue weighted by atomic mass is 32.1. The number of fused-ring (bicyclic) bond motifs is 12. The molecule has 13 rings (SSSR count). The van der Waals surface area contributed by atoms with E-state index in [1.807, 2.05) is 11.3 Å². The van der Waals surface area contributed by atoms with Gasteiger partial charge in [-0.15, -0.1) is 11.3 Å². The SMILES string of the molecule is CC1(C)c2ccccc2-c2cc(-c3nc(-c4cccc5c4C(C)(C)c4ccccc4-5)nc(N(c4ccc5c(c4)C(C)(C)c4ccccc4-5)c4cccc5sc6ccccc6c45)n3)ccc21. The third-order valence-corrected chi connectivity index (χ3v) is 16.1. The summed E-state index contributed by atoms with van der Waals surface area (Å²) in [5.41, 5.74) is 18.8. The van der Waals surface area contributed by atoms with Crippen molar-refractivity contribution in [3.05, 3.63) is 203 Å². The van der Waals surface area contributed by atoms with Crippen LogP contribution in [0.15, 0.2) is 170 Å². The van der Waals surface area contributed by atoms with E-state index in [9.17, 15) is 0 Å². The van der Waals surface area contributed by atoms with Gasteiger partial charge >= 0.3 is 0 Å². The summed E-state index contributed by atoms with van der Waals surface area (Å²) in [6.45, 7) is 14.0. The second-order valence-corrected chi connectivity index (χ2v) is 20.7. The molecule has 312 valence electrons. The third-order valence-electron chi connectivity index (χ3n) is 14.9. The van der Waals surface area contributed by atoms with Gasteiger partial charge in [0.25, 0.3) is 0 Å². The van der Waals surface area contributed by atoms with Crippen molar-refractivity contribution in [1.29, 1.82) is 0 Å². The van der Waals surface area contributed by atoms with Gasteiger partial charge in [0.05, 0.1) is 5.69 Å². The molecule has 3 aliphatic carbocycles. The number of benzene rings is 8. The van der Waals surface area contributed by atoms with Crippen LogP contribution in [-0.2, 0) is 16.2 Å². The molecule has 0 saturated carbocycles. The van der Waals surface area contributed by atoms with Crippen LogP contribution in [0, 0.1) is 0 Å². The summed E-state index contributed by atoms with van der Waals surface area (Å²) < 4.78 is 2.47. The third kappa shape index (κ3) is 5.33. The van der Waals surface area contributed by atoms with Gasteiger partial charge in [-0.3, -0.25) is 4.90 Å². The molecule has 4 nitrogen and oxygen atoms in total. The Kier molecular flexibility index (Phi) is 7.90. The summed E-state index contributed by atoms with van der Waals surface area (Å²) in [5, 5.41) is 2.41. The van der Waals surface area contributed by atoms with Crippen LogP contribution in [0.3, 0.4) is 0 Å². The Hall–Kier alpha value is -7.21. The topological polar surface area (TPSA) is 41.9 Å². The monoisotopic (exact) mass is 854 g/mol. The van der Waals surface area contributed by atoms with Crippen molar-refractivity contribution in [3.8, 4) is 56.2 Å². The molecule has 0 saturated heterocycles. The van der Waals surface area contributed by atoms with E-state index < -0.39 is 0 Å². The molecule has 0 spiro atoms. The first-order valence-electron chi connectivity index (χ1n) is 22.7. The minimum absolute atomic E-state index is 0.120. The quantitative estimate of drug-likeness (QED) is 0.173. The zero-order valence-corrected chi connectivity index (χ0v) is 38.2. The standard InChI is InChI=1S/C60H46N4S/c1-58(2)46-24-12-9-19-39(46)44-33-35(29-32-48(44)58)55-61-56(43-22-15-21-41-38-18-8-13-25-47(38)60(5,6)54(41)43)63-57(62-55)64(50-26-16-28-52-53(50)42-20-10-14-27-51(42)65-52)36-30-31-40-37-17-7-11-23-45(37)59(3,4)49(40)34-36/h7-34H,1-6H3. The lowest BCUT2D eigenvalue weighted by Crippen LogP contribution is -2.19. The Morgan fingerprint density at radius 3 is 1.72 bits per heavy atom. The number of nitrogens with zero attached hydrogens (tertiary/aromatic N) is 4. The normalized spacial score (nSPS) is 15.3. The van der Waals surface area contributed by atoms with Crippen molar-refractivity contribution in [1.82, 2.24) is 15.0 Å². The number of anilines is 3. The first kappa shape index (κ1) is 38.3. The number of thiophene rings is 1. The molecule has 0 aliphatic heterocycles. The van der Waals surface area contributed by atoms with Crippen LogP contribution in [0.5, 0.6) is 0 Å².